The van der Waals surface area contributed by atoms with E-state index in [4.69, 9.17) is 0 Å². The topological polar surface area (TPSA) is 46.1 Å². The van der Waals surface area contributed by atoms with Gasteiger partial charge >= 0.3 is 0 Å². The Morgan fingerprint density at radius 3 is 1.07 bits per heavy atom. The van der Waals surface area contributed by atoms with Crippen LogP contribution in [0.15, 0.2) is 18.2 Å². The summed E-state index contributed by atoms with van der Waals surface area (Å²) in [6, 6.07) is 5.96. The first-order valence-electron chi connectivity index (χ1n) is 18.5. The van der Waals surface area contributed by atoms with Crippen LogP contribution in [0.3, 0.4) is 0 Å². The Kier molecular flexibility index (Phi) is 27.9. The molecule has 3 heteroatoms. The highest BCUT2D eigenvalue weighted by Crippen LogP contribution is 2.23. The lowest BCUT2D eigenvalue weighted by atomic mass is 9.96. The fourth-order valence-corrected chi connectivity index (χ4v) is 7.00. The molecule has 41 heavy (non-hydrogen) atoms. The molecule has 0 radical (unpaired) electrons. The molecule has 0 spiro atoms. The third-order valence-electron chi connectivity index (χ3n) is 9.03. The third-order valence-corrected chi connectivity index (χ3v) is 9.84. The van der Waals surface area contributed by atoms with Gasteiger partial charge in [-0.05, 0) is 36.8 Å². The summed E-state index contributed by atoms with van der Waals surface area (Å²) >= 11 is 0. The van der Waals surface area contributed by atoms with Crippen molar-refractivity contribution < 1.29 is 9.79 Å². The smallest absolute Gasteiger partial charge is 0.0271 e. The molecular weight excluding hydrogens is 519 g/mol. The van der Waals surface area contributed by atoms with Gasteiger partial charge in [0.05, 0.1) is 0 Å². The van der Waals surface area contributed by atoms with Crippen molar-refractivity contribution in [2.24, 2.45) is 0 Å². The normalized spacial score (nSPS) is 11.6. The summed E-state index contributed by atoms with van der Waals surface area (Å²) in [7, 11) is -2.51. The number of hydrogen-bond acceptors (Lipinski definition) is 2. The van der Waals surface area contributed by atoms with E-state index in [-0.39, 0.29) is 0 Å². The summed E-state index contributed by atoms with van der Waals surface area (Å²) in [5.74, 6) is 0. The summed E-state index contributed by atoms with van der Waals surface area (Å²) in [6.07, 6.45) is 40.1. The van der Waals surface area contributed by atoms with Gasteiger partial charge in [0.2, 0.25) is 0 Å². The summed E-state index contributed by atoms with van der Waals surface area (Å²) < 4.78 is 0. The Balaban J connectivity index is 2.12. The Labute approximate surface area is 258 Å². The molecule has 0 atom stereocenters. The molecule has 0 aliphatic rings. The Bertz CT molecular complexity index is 674. The number of rotatable bonds is 31. The molecule has 2 nitrogen and oxygen atoms in total. The maximum atomic E-state index is 12.0. The SMILES string of the molecule is CCCCCCCCCCCCCCCCc1cccc(P([O-])[O-])c1CCCCCCCCCCCCCCCC. The molecule has 0 bridgehead atoms. The van der Waals surface area contributed by atoms with E-state index in [0.29, 0.717) is 5.30 Å². The molecule has 0 N–H and O–H groups in total. The molecule has 0 aromatic heterocycles. The minimum Gasteiger partial charge on any atom is -0.838 e. The van der Waals surface area contributed by atoms with Crippen molar-refractivity contribution in [2.75, 3.05) is 0 Å². The molecule has 0 amide bonds. The van der Waals surface area contributed by atoms with Gasteiger partial charge in [0, 0.05) is 0 Å². The van der Waals surface area contributed by atoms with Crippen molar-refractivity contribution in [3.8, 4) is 0 Å². The second-order valence-corrected chi connectivity index (χ2v) is 13.9. The molecule has 1 aromatic carbocycles. The second kappa shape index (κ2) is 29.6. The molecular formula is C38H69O2P-2. The highest BCUT2D eigenvalue weighted by Gasteiger charge is 2.07. The second-order valence-electron chi connectivity index (χ2n) is 12.9. The van der Waals surface area contributed by atoms with Gasteiger partial charge in [-0.1, -0.05) is 204 Å². The van der Waals surface area contributed by atoms with Gasteiger partial charge in [0.25, 0.3) is 0 Å². The van der Waals surface area contributed by atoms with Crippen molar-refractivity contribution in [3.63, 3.8) is 0 Å². The molecule has 0 unspecified atom stereocenters. The first-order valence-corrected chi connectivity index (χ1v) is 19.6. The lowest BCUT2D eigenvalue weighted by molar-refractivity contribution is -0.287. The zero-order chi connectivity index (χ0) is 29.6. The molecule has 0 saturated carbocycles. The van der Waals surface area contributed by atoms with E-state index < -0.39 is 8.38 Å². The van der Waals surface area contributed by atoms with E-state index in [1.165, 1.54) is 179 Å². The maximum absolute atomic E-state index is 12.0. The van der Waals surface area contributed by atoms with Crippen LogP contribution in [0.1, 0.15) is 205 Å². The minimum atomic E-state index is -2.51. The highest BCUT2D eigenvalue weighted by molar-refractivity contribution is 7.51. The number of aryl methyl sites for hydroxylation is 1. The van der Waals surface area contributed by atoms with E-state index in [9.17, 15) is 9.79 Å². The number of hydrogen-bond donors (Lipinski definition) is 0. The van der Waals surface area contributed by atoms with Crippen LogP contribution in [0.4, 0.5) is 0 Å². The van der Waals surface area contributed by atoms with Crippen molar-refractivity contribution in [1.82, 2.24) is 0 Å². The Morgan fingerprint density at radius 2 is 0.732 bits per heavy atom. The first kappa shape index (κ1) is 38.6. The predicted molar refractivity (Wildman–Crippen MR) is 181 cm³/mol. The van der Waals surface area contributed by atoms with Crippen molar-refractivity contribution in [1.29, 1.82) is 0 Å². The van der Waals surface area contributed by atoms with Gasteiger partial charge in [-0.2, -0.15) is 0 Å². The molecule has 1 rings (SSSR count). The van der Waals surface area contributed by atoms with E-state index in [1.54, 1.807) is 0 Å². The van der Waals surface area contributed by atoms with Crippen molar-refractivity contribution >= 4 is 13.7 Å². The van der Waals surface area contributed by atoms with Crippen LogP contribution in [0.5, 0.6) is 0 Å². The first-order chi connectivity index (χ1) is 20.2. The quantitative estimate of drug-likeness (QED) is 0.0639. The monoisotopic (exact) mass is 589 g/mol. The van der Waals surface area contributed by atoms with Crippen molar-refractivity contribution in [3.05, 3.63) is 29.3 Å². The zero-order valence-electron chi connectivity index (χ0n) is 27.7. The van der Waals surface area contributed by atoms with Crippen molar-refractivity contribution in [2.45, 2.75) is 206 Å². The molecule has 0 aliphatic heterocycles. The fourth-order valence-electron chi connectivity index (χ4n) is 6.32. The number of benzene rings is 1. The van der Waals surface area contributed by atoms with Crippen LogP contribution in [-0.2, 0) is 12.8 Å². The summed E-state index contributed by atoms with van der Waals surface area (Å²) in [6.45, 7) is 4.57. The van der Waals surface area contributed by atoms with Gasteiger partial charge in [-0.3, -0.25) is 8.38 Å². The fraction of sp³-hybridized carbons (Fsp3) is 0.842. The number of unbranched alkanes of at least 4 members (excludes halogenated alkanes) is 26. The molecule has 0 heterocycles. The molecule has 1 aromatic rings. The Morgan fingerprint density at radius 1 is 0.415 bits per heavy atom. The average molecular weight is 589 g/mol. The molecule has 0 aliphatic carbocycles. The van der Waals surface area contributed by atoms with Gasteiger partial charge in [-0.15, -0.1) is 0 Å². The van der Waals surface area contributed by atoms with E-state index in [0.717, 1.165) is 24.8 Å². The van der Waals surface area contributed by atoms with Gasteiger partial charge < -0.3 is 9.79 Å². The molecule has 240 valence electrons. The predicted octanol–water partition coefficient (Wildman–Crippen LogP) is 11.4. The van der Waals surface area contributed by atoms with Crippen LogP contribution >= 0.6 is 8.38 Å². The lowest BCUT2D eigenvalue weighted by Crippen LogP contribution is -2.24. The van der Waals surface area contributed by atoms with Crippen LogP contribution < -0.4 is 15.1 Å². The van der Waals surface area contributed by atoms with Gasteiger partial charge in [0.1, 0.15) is 0 Å². The van der Waals surface area contributed by atoms with Crippen LogP contribution in [0.25, 0.3) is 0 Å². The minimum absolute atomic E-state index is 0.581. The third kappa shape index (κ3) is 22.7. The maximum Gasteiger partial charge on any atom is -0.0271 e. The van der Waals surface area contributed by atoms with Crippen LogP contribution in [0.2, 0.25) is 0 Å². The standard InChI is InChI=1S/C38H69O2P/c1-3-5-7-9-11-13-15-17-19-21-23-25-27-29-32-36-33-31-35-38(41(39)40)37(36)34-30-28-26-24-22-20-18-16-14-12-10-8-6-4-2/h31,33,35H,3-30,32,34H2,1-2H3/q-2. The van der Waals surface area contributed by atoms with E-state index >= 15 is 0 Å². The summed E-state index contributed by atoms with van der Waals surface area (Å²) in [4.78, 5) is 23.9. The van der Waals surface area contributed by atoms with E-state index in [1.807, 2.05) is 12.1 Å². The van der Waals surface area contributed by atoms with Crippen LogP contribution in [-0.4, -0.2) is 0 Å². The largest absolute Gasteiger partial charge is 0.838 e. The lowest BCUT2D eigenvalue weighted by Gasteiger charge is -2.34. The van der Waals surface area contributed by atoms with Crippen LogP contribution in [0, 0.1) is 0 Å². The summed E-state index contributed by atoms with van der Waals surface area (Å²) in [5, 5.41) is 0.581. The average Bonchev–Trinajstić information content (AvgIpc) is 2.97. The Hall–Kier alpha value is -0.430. The van der Waals surface area contributed by atoms with Gasteiger partial charge in [-0.25, -0.2) is 0 Å². The van der Waals surface area contributed by atoms with E-state index in [2.05, 4.69) is 19.9 Å². The zero-order valence-corrected chi connectivity index (χ0v) is 28.6. The van der Waals surface area contributed by atoms with Gasteiger partial charge in [0.15, 0.2) is 0 Å². The molecule has 0 saturated heterocycles. The highest BCUT2D eigenvalue weighted by atomic mass is 31.2. The summed E-state index contributed by atoms with van der Waals surface area (Å²) in [5.41, 5.74) is 2.41. The molecule has 0 fully saturated rings.